The Morgan fingerprint density at radius 3 is 2.30 bits per heavy atom. The van der Waals surface area contributed by atoms with Crippen molar-refractivity contribution in [3.63, 3.8) is 0 Å². The van der Waals surface area contributed by atoms with Crippen LogP contribution in [0.15, 0.2) is 78.9 Å². The monoisotopic (exact) mass is 444 g/mol. The molecule has 33 heavy (non-hydrogen) atoms. The average Bonchev–Trinajstić information content (AvgIpc) is 2.81. The molecule has 0 fully saturated rings. The first-order valence-electron chi connectivity index (χ1n) is 11.3. The number of carbonyl (C=O) groups excluding carboxylic acids is 2. The second-order valence-electron chi connectivity index (χ2n) is 8.16. The quantitative estimate of drug-likeness (QED) is 0.502. The molecule has 5 nitrogen and oxygen atoms in total. The van der Waals surface area contributed by atoms with Crippen molar-refractivity contribution >= 4 is 11.8 Å². The van der Waals surface area contributed by atoms with Crippen LogP contribution in [-0.2, 0) is 22.6 Å². The van der Waals surface area contributed by atoms with Crippen molar-refractivity contribution < 1.29 is 14.3 Å². The van der Waals surface area contributed by atoms with Gasteiger partial charge in [0.05, 0.1) is 0 Å². The van der Waals surface area contributed by atoms with Gasteiger partial charge in [-0.1, -0.05) is 78.4 Å². The predicted molar refractivity (Wildman–Crippen MR) is 131 cm³/mol. The third-order valence-electron chi connectivity index (χ3n) is 5.50. The second-order valence-corrected chi connectivity index (χ2v) is 8.16. The highest BCUT2D eigenvalue weighted by Gasteiger charge is 2.30. The van der Waals surface area contributed by atoms with Gasteiger partial charge in [-0.05, 0) is 43.5 Å². The van der Waals surface area contributed by atoms with Crippen molar-refractivity contribution in [3.8, 4) is 5.75 Å². The number of amides is 2. The summed E-state index contributed by atoms with van der Waals surface area (Å²) in [5.41, 5.74) is 4.03. The molecule has 0 aliphatic carbocycles. The summed E-state index contributed by atoms with van der Waals surface area (Å²) >= 11 is 0. The van der Waals surface area contributed by atoms with E-state index in [1.54, 1.807) is 4.90 Å². The van der Waals surface area contributed by atoms with E-state index in [4.69, 9.17) is 4.74 Å². The predicted octanol–water partition coefficient (Wildman–Crippen LogP) is 4.46. The molecule has 0 saturated carbocycles. The Labute approximate surface area is 196 Å². The Kier molecular flexibility index (Phi) is 8.64. The lowest BCUT2D eigenvalue weighted by Gasteiger charge is -2.31. The standard InChI is InChI=1S/C28H32N2O3/c1-4-29-28(32)25(18-23-13-6-5-7-14-23)30(19-24-15-10-11-21(2)17-24)27(31)20-33-26-16-9-8-12-22(26)3/h5-17,25H,4,18-20H2,1-3H3,(H,29,32)/t25-/m0/s1. The normalized spacial score (nSPS) is 11.5. The largest absolute Gasteiger partial charge is 0.484 e. The number of hydrogen-bond acceptors (Lipinski definition) is 3. The molecule has 1 atom stereocenters. The minimum atomic E-state index is -0.652. The first-order chi connectivity index (χ1) is 16.0. The molecule has 0 spiro atoms. The van der Waals surface area contributed by atoms with Crippen LogP contribution in [0.3, 0.4) is 0 Å². The molecule has 0 heterocycles. The van der Waals surface area contributed by atoms with Crippen LogP contribution >= 0.6 is 0 Å². The Balaban J connectivity index is 1.90. The third-order valence-corrected chi connectivity index (χ3v) is 5.50. The van der Waals surface area contributed by atoms with Gasteiger partial charge in [0, 0.05) is 19.5 Å². The zero-order chi connectivity index (χ0) is 23.6. The minimum Gasteiger partial charge on any atom is -0.484 e. The molecule has 3 rings (SSSR count). The number of nitrogens with zero attached hydrogens (tertiary/aromatic N) is 1. The van der Waals surface area contributed by atoms with Crippen molar-refractivity contribution in [3.05, 3.63) is 101 Å². The van der Waals surface area contributed by atoms with E-state index >= 15 is 0 Å². The average molecular weight is 445 g/mol. The molecular weight excluding hydrogens is 412 g/mol. The molecule has 1 N–H and O–H groups in total. The van der Waals surface area contributed by atoms with Crippen LogP contribution in [0.25, 0.3) is 0 Å². The van der Waals surface area contributed by atoms with Gasteiger partial charge in [-0.2, -0.15) is 0 Å². The van der Waals surface area contributed by atoms with Crippen molar-refractivity contribution in [2.45, 2.75) is 39.8 Å². The molecular formula is C28H32N2O3. The molecule has 0 bridgehead atoms. The number of benzene rings is 3. The fourth-order valence-corrected chi connectivity index (χ4v) is 3.79. The number of para-hydroxylation sites is 1. The number of hydrogen-bond donors (Lipinski definition) is 1. The number of rotatable bonds is 10. The molecule has 0 aromatic heterocycles. The van der Waals surface area contributed by atoms with Crippen LogP contribution < -0.4 is 10.1 Å². The Morgan fingerprint density at radius 1 is 0.909 bits per heavy atom. The Hall–Kier alpha value is -3.60. The Morgan fingerprint density at radius 2 is 1.61 bits per heavy atom. The van der Waals surface area contributed by atoms with Gasteiger partial charge in [0.2, 0.25) is 5.91 Å². The van der Waals surface area contributed by atoms with Gasteiger partial charge >= 0.3 is 0 Å². The molecule has 0 radical (unpaired) electrons. The SMILES string of the molecule is CCNC(=O)[C@H](Cc1ccccc1)N(Cc1cccc(C)c1)C(=O)COc1ccccc1C. The van der Waals surface area contributed by atoms with E-state index in [1.807, 2.05) is 99.6 Å². The van der Waals surface area contributed by atoms with Gasteiger partial charge < -0.3 is 15.0 Å². The summed E-state index contributed by atoms with van der Waals surface area (Å²) in [5.74, 6) is 0.268. The summed E-state index contributed by atoms with van der Waals surface area (Å²) in [5, 5.41) is 2.91. The van der Waals surface area contributed by atoms with Crippen molar-refractivity contribution in [2.24, 2.45) is 0 Å². The van der Waals surface area contributed by atoms with E-state index in [0.717, 1.165) is 22.3 Å². The van der Waals surface area contributed by atoms with Crippen LogP contribution in [0.2, 0.25) is 0 Å². The first kappa shape index (κ1) is 24.1. The maximum Gasteiger partial charge on any atom is 0.261 e. The van der Waals surface area contributed by atoms with Crippen LogP contribution in [0.5, 0.6) is 5.75 Å². The van der Waals surface area contributed by atoms with E-state index in [9.17, 15) is 9.59 Å². The number of likely N-dealkylation sites (N-methyl/N-ethyl adjacent to an activating group) is 1. The van der Waals surface area contributed by atoms with Crippen LogP contribution in [0.4, 0.5) is 0 Å². The molecule has 3 aromatic rings. The van der Waals surface area contributed by atoms with Gasteiger partial charge in [0.15, 0.2) is 6.61 Å². The van der Waals surface area contributed by atoms with E-state index in [1.165, 1.54) is 0 Å². The fraction of sp³-hybridized carbons (Fsp3) is 0.286. The number of aryl methyl sites for hydroxylation is 2. The zero-order valence-electron chi connectivity index (χ0n) is 19.6. The molecule has 0 aliphatic heterocycles. The highest BCUT2D eigenvalue weighted by molar-refractivity contribution is 5.88. The minimum absolute atomic E-state index is 0.138. The third kappa shape index (κ3) is 6.94. The maximum absolute atomic E-state index is 13.5. The van der Waals surface area contributed by atoms with E-state index < -0.39 is 6.04 Å². The van der Waals surface area contributed by atoms with Crippen LogP contribution in [-0.4, -0.2) is 35.9 Å². The molecule has 0 aliphatic rings. The zero-order valence-corrected chi connectivity index (χ0v) is 19.6. The summed E-state index contributed by atoms with van der Waals surface area (Å²) in [7, 11) is 0. The van der Waals surface area contributed by atoms with Crippen molar-refractivity contribution in [1.29, 1.82) is 0 Å². The molecule has 0 saturated heterocycles. The number of nitrogens with one attached hydrogen (secondary N) is 1. The van der Waals surface area contributed by atoms with Crippen LogP contribution in [0.1, 0.15) is 29.2 Å². The molecule has 0 unspecified atom stereocenters. The highest BCUT2D eigenvalue weighted by atomic mass is 16.5. The first-order valence-corrected chi connectivity index (χ1v) is 11.3. The summed E-state index contributed by atoms with van der Waals surface area (Å²) < 4.78 is 5.86. The summed E-state index contributed by atoms with van der Waals surface area (Å²) in [6.45, 7) is 6.52. The molecule has 172 valence electrons. The van der Waals surface area contributed by atoms with Crippen molar-refractivity contribution in [1.82, 2.24) is 10.2 Å². The smallest absolute Gasteiger partial charge is 0.261 e. The van der Waals surface area contributed by atoms with Crippen molar-refractivity contribution in [2.75, 3.05) is 13.2 Å². The lowest BCUT2D eigenvalue weighted by molar-refractivity contribution is -0.142. The number of ether oxygens (including phenoxy) is 1. The lowest BCUT2D eigenvalue weighted by Crippen LogP contribution is -2.51. The fourth-order valence-electron chi connectivity index (χ4n) is 3.79. The molecule has 5 heteroatoms. The summed E-state index contributed by atoms with van der Waals surface area (Å²) in [4.78, 5) is 28.3. The number of carbonyl (C=O) groups is 2. The van der Waals surface area contributed by atoms with Gasteiger partial charge in [-0.25, -0.2) is 0 Å². The van der Waals surface area contributed by atoms with E-state index in [0.29, 0.717) is 25.3 Å². The molecule has 3 aromatic carbocycles. The van der Waals surface area contributed by atoms with Gasteiger partial charge in [0.25, 0.3) is 5.91 Å². The highest BCUT2D eigenvalue weighted by Crippen LogP contribution is 2.19. The second kappa shape index (κ2) is 11.9. The van der Waals surface area contributed by atoms with Crippen LogP contribution in [0, 0.1) is 13.8 Å². The lowest BCUT2D eigenvalue weighted by atomic mass is 10.0. The summed E-state index contributed by atoms with van der Waals surface area (Å²) in [6, 6.07) is 24.7. The van der Waals surface area contributed by atoms with E-state index in [-0.39, 0.29) is 18.4 Å². The topological polar surface area (TPSA) is 58.6 Å². The van der Waals surface area contributed by atoms with Gasteiger partial charge in [-0.15, -0.1) is 0 Å². The van der Waals surface area contributed by atoms with Gasteiger partial charge in [-0.3, -0.25) is 9.59 Å². The maximum atomic E-state index is 13.5. The summed E-state index contributed by atoms with van der Waals surface area (Å²) in [6.07, 6.45) is 0.425. The Bertz CT molecular complexity index is 1070. The van der Waals surface area contributed by atoms with E-state index in [2.05, 4.69) is 5.32 Å². The molecule has 2 amide bonds. The van der Waals surface area contributed by atoms with Gasteiger partial charge in [0.1, 0.15) is 11.8 Å².